The summed E-state index contributed by atoms with van der Waals surface area (Å²) in [5.41, 5.74) is 7.32. The second kappa shape index (κ2) is 4.77. The molecule has 0 aliphatic carbocycles. The van der Waals surface area contributed by atoms with Crippen molar-refractivity contribution in [2.24, 2.45) is 10.7 Å². The van der Waals surface area contributed by atoms with Gasteiger partial charge in [0.1, 0.15) is 0 Å². The minimum atomic E-state index is 0.0957. The lowest BCUT2D eigenvalue weighted by atomic mass is 10.1. The van der Waals surface area contributed by atoms with Gasteiger partial charge >= 0.3 is 0 Å². The van der Waals surface area contributed by atoms with E-state index in [4.69, 9.17) is 5.73 Å². The monoisotopic (exact) mass is 208 g/mol. The van der Waals surface area contributed by atoms with E-state index in [1.807, 2.05) is 6.21 Å². The summed E-state index contributed by atoms with van der Waals surface area (Å²) in [6, 6.07) is 0.0957. The van der Waals surface area contributed by atoms with Gasteiger partial charge in [-0.25, -0.2) is 0 Å². The summed E-state index contributed by atoms with van der Waals surface area (Å²) >= 11 is 0. The zero-order valence-corrected chi connectivity index (χ0v) is 9.39. The van der Waals surface area contributed by atoms with Crippen molar-refractivity contribution in [1.29, 1.82) is 0 Å². The molecular formula is C11H20N4. The molecule has 4 heteroatoms. The van der Waals surface area contributed by atoms with Crippen LogP contribution in [0, 0.1) is 0 Å². The fraction of sp³-hybridized carbons (Fsp3) is 0.727. The Morgan fingerprint density at radius 3 is 3.00 bits per heavy atom. The summed E-state index contributed by atoms with van der Waals surface area (Å²) in [5, 5.41) is 0. The molecule has 0 amide bonds. The van der Waals surface area contributed by atoms with Gasteiger partial charge in [0.15, 0.2) is 0 Å². The van der Waals surface area contributed by atoms with Gasteiger partial charge in [-0.1, -0.05) is 0 Å². The van der Waals surface area contributed by atoms with E-state index >= 15 is 0 Å². The van der Waals surface area contributed by atoms with Gasteiger partial charge in [-0.2, -0.15) is 0 Å². The SMILES string of the molecule is CN1CCCN(C2=CC=NCC2N)CC1. The number of likely N-dealkylation sites (N-methyl/N-ethyl adjacent to an activating group) is 1. The molecular weight excluding hydrogens is 188 g/mol. The van der Waals surface area contributed by atoms with Crippen molar-refractivity contribution < 1.29 is 0 Å². The second-order valence-electron chi connectivity index (χ2n) is 4.36. The molecule has 0 bridgehead atoms. The van der Waals surface area contributed by atoms with Gasteiger partial charge in [-0.05, 0) is 26.1 Å². The molecule has 2 aliphatic rings. The molecule has 15 heavy (non-hydrogen) atoms. The molecule has 0 radical (unpaired) electrons. The maximum atomic E-state index is 6.06. The lowest BCUT2D eigenvalue weighted by Gasteiger charge is -2.30. The smallest absolute Gasteiger partial charge is 0.0645 e. The molecule has 4 nitrogen and oxygen atoms in total. The van der Waals surface area contributed by atoms with E-state index in [1.165, 1.54) is 18.7 Å². The third kappa shape index (κ3) is 2.58. The van der Waals surface area contributed by atoms with Gasteiger partial charge in [-0.3, -0.25) is 4.99 Å². The fourth-order valence-electron chi connectivity index (χ4n) is 2.17. The van der Waals surface area contributed by atoms with Crippen LogP contribution in [0.3, 0.4) is 0 Å². The van der Waals surface area contributed by atoms with Crippen LogP contribution in [0.1, 0.15) is 6.42 Å². The van der Waals surface area contributed by atoms with Gasteiger partial charge < -0.3 is 15.5 Å². The highest BCUT2D eigenvalue weighted by Gasteiger charge is 2.20. The Balaban J connectivity index is 2.02. The first-order chi connectivity index (χ1) is 7.27. The highest BCUT2D eigenvalue weighted by atomic mass is 15.2. The molecule has 1 saturated heterocycles. The average molecular weight is 208 g/mol. The number of rotatable bonds is 1. The van der Waals surface area contributed by atoms with E-state index < -0.39 is 0 Å². The van der Waals surface area contributed by atoms with E-state index in [0.717, 1.165) is 26.2 Å². The Morgan fingerprint density at radius 1 is 1.33 bits per heavy atom. The minimum Gasteiger partial charge on any atom is -0.372 e. The Hall–Kier alpha value is -0.870. The van der Waals surface area contributed by atoms with Gasteiger partial charge in [0.25, 0.3) is 0 Å². The van der Waals surface area contributed by atoms with Gasteiger partial charge in [0, 0.05) is 31.5 Å². The number of hydrogen-bond acceptors (Lipinski definition) is 4. The van der Waals surface area contributed by atoms with Crippen molar-refractivity contribution in [3.63, 3.8) is 0 Å². The first-order valence-corrected chi connectivity index (χ1v) is 5.66. The van der Waals surface area contributed by atoms with Crippen molar-refractivity contribution >= 4 is 6.21 Å². The molecule has 2 N–H and O–H groups in total. The van der Waals surface area contributed by atoms with Gasteiger partial charge in [0.05, 0.1) is 12.6 Å². The first kappa shape index (κ1) is 10.6. The summed E-state index contributed by atoms with van der Waals surface area (Å²) in [6.07, 6.45) is 5.17. The largest absolute Gasteiger partial charge is 0.372 e. The molecule has 0 saturated carbocycles. The molecule has 1 atom stereocenters. The molecule has 0 spiro atoms. The van der Waals surface area contributed by atoms with Crippen molar-refractivity contribution in [2.75, 3.05) is 39.8 Å². The van der Waals surface area contributed by atoms with Crippen molar-refractivity contribution in [3.05, 3.63) is 11.8 Å². The van der Waals surface area contributed by atoms with Gasteiger partial charge in [-0.15, -0.1) is 0 Å². The molecule has 2 rings (SSSR count). The van der Waals surface area contributed by atoms with E-state index in [-0.39, 0.29) is 6.04 Å². The number of nitrogens with zero attached hydrogens (tertiary/aromatic N) is 3. The lowest BCUT2D eigenvalue weighted by molar-refractivity contribution is 0.313. The quantitative estimate of drug-likeness (QED) is 0.655. The van der Waals surface area contributed by atoms with Crippen LogP contribution < -0.4 is 5.73 Å². The van der Waals surface area contributed by atoms with Crippen LogP contribution in [0.4, 0.5) is 0 Å². The Morgan fingerprint density at radius 2 is 2.20 bits per heavy atom. The predicted molar refractivity (Wildman–Crippen MR) is 63.1 cm³/mol. The Kier molecular flexibility index (Phi) is 3.38. The molecule has 84 valence electrons. The molecule has 1 fully saturated rings. The first-order valence-electron chi connectivity index (χ1n) is 5.66. The van der Waals surface area contributed by atoms with Crippen LogP contribution in [0.15, 0.2) is 16.8 Å². The van der Waals surface area contributed by atoms with Crippen LogP contribution in [0.25, 0.3) is 0 Å². The predicted octanol–water partition coefficient (Wildman–Crippen LogP) is -0.0805. The standard InChI is InChI=1S/C11H20N4/c1-14-5-2-6-15(8-7-14)11-3-4-13-9-10(11)12/h3-4,10H,2,5-9,12H2,1H3. The lowest BCUT2D eigenvalue weighted by Crippen LogP contribution is -2.40. The molecule has 0 aromatic carbocycles. The fourth-order valence-corrected chi connectivity index (χ4v) is 2.17. The molecule has 1 unspecified atom stereocenters. The summed E-state index contributed by atoms with van der Waals surface area (Å²) in [5.74, 6) is 0. The maximum Gasteiger partial charge on any atom is 0.0645 e. The average Bonchev–Trinajstić information content (AvgIpc) is 2.44. The summed E-state index contributed by atoms with van der Waals surface area (Å²) in [7, 11) is 2.18. The Bertz CT molecular complexity index is 272. The van der Waals surface area contributed by atoms with Gasteiger partial charge in [0.2, 0.25) is 0 Å². The molecule has 0 aromatic heterocycles. The number of hydrogen-bond donors (Lipinski definition) is 1. The topological polar surface area (TPSA) is 44.9 Å². The van der Waals surface area contributed by atoms with Crippen LogP contribution in [-0.4, -0.2) is 61.8 Å². The molecule has 0 aromatic rings. The van der Waals surface area contributed by atoms with E-state index in [0.29, 0.717) is 0 Å². The van der Waals surface area contributed by atoms with Crippen LogP contribution in [0.5, 0.6) is 0 Å². The third-order valence-electron chi connectivity index (χ3n) is 3.12. The second-order valence-corrected chi connectivity index (χ2v) is 4.36. The number of allylic oxidation sites excluding steroid dienone is 1. The van der Waals surface area contributed by atoms with E-state index in [2.05, 4.69) is 27.9 Å². The number of aliphatic imine (C=N–C) groups is 1. The highest BCUT2D eigenvalue weighted by molar-refractivity contribution is 5.73. The van der Waals surface area contributed by atoms with Crippen LogP contribution in [-0.2, 0) is 0 Å². The van der Waals surface area contributed by atoms with E-state index in [9.17, 15) is 0 Å². The van der Waals surface area contributed by atoms with E-state index in [1.54, 1.807) is 0 Å². The third-order valence-corrected chi connectivity index (χ3v) is 3.12. The summed E-state index contributed by atoms with van der Waals surface area (Å²) in [6.45, 7) is 5.26. The highest BCUT2D eigenvalue weighted by Crippen LogP contribution is 2.13. The summed E-state index contributed by atoms with van der Waals surface area (Å²) < 4.78 is 0. The van der Waals surface area contributed by atoms with Crippen molar-refractivity contribution in [3.8, 4) is 0 Å². The maximum absolute atomic E-state index is 6.06. The zero-order valence-electron chi connectivity index (χ0n) is 9.39. The number of nitrogens with two attached hydrogens (primary N) is 1. The number of dihydropyridines is 1. The minimum absolute atomic E-state index is 0.0957. The van der Waals surface area contributed by atoms with Crippen LogP contribution in [0.2, 0.25) is 0 Å². The molecule has 2 aliphatic heterocycles. The van der Waals surface area contributed by atoms with Crippen molar-refractivity contribution in [1.82, 2.24) is 9.80 Å². The van der Waals surface area contributed by atoms with Crippen LogP contribution >= 0.6 is 0 Å². The van der Waals surface area contributed by atoms with Crippen molar-refractivity contribution in [2.45, 2.75) is 12.5 Å². The molecule has 2 heterocycles. The normalized spacial score (nSPS) is 28.8. The zero-order chi connectivity index (χ0) is 10.7. The Labute approximate surface area is 91.4 Å². The summed E-state index contributed by atoms with van der Waals surface area (Å²) in [4.78, 5) is 8.97.